The van der Waals surface area contributed by atoms with E-state index >= 15 is 0 Å². The van der Waals surface area contributed by atoms with Crippen LogP contribution in [0.15, 0.2) is 47.7 Å². The van der Waals surface area contributed by atoms with Gasteiger partial charge >= 0.3 is 5.69 Å². The zero-order valence-corrected chi connectivity index (χ0v) is 14.7. The van der Waals surface area contributed by atoms with Crippen LogP contribution in [0.25, 0.3) is 0 Å². The molecule has 2 aliphatic rings. The van der Waals surface area contributed by atoms with E-state index in [0.717, 1.165) is 37.2 Å². The van der Waals surface area contributed by atoms with Crippen molar-refractivity contribution in [3.8, 4) is 0 Å². The third-order valence-electron chi connectivity index (χ3n) is 5.79. The first kappa shape index (κ1) is 15.5. The molecule has 6 nitrogen and oxygen atoms in total. The van der Waals surface area contributed by atoms with E-state index in [1.165, 1.54) is 11.1 Å². The third-order valence-corrected chi connectivity index (χ3v) is 5.79. The van der Waals surface area contributed by atoms with Gasteiger partial charge in [-0.05, 0) is 37.7 Å². The molecule has 1 fully saturated rings. The fraction of sp³-hybridized carbons (Fsp3) is 0.400. The maximum Gasteiger partial charge on any atom is 0.346 e. The highest BCUT2D eigenvalue weighted by Gasteiger charge is 2.37. The molecule has 0 radical (unpaired) electrons. The van der Waals surface area contributed by atoms with Crippen molar-refractivity contribution in [2.75, 3.05) is 0 Å². The lowest BCUT2D eigenvalue weighted by Crippen LogP contribution is -2.35. The zero-order valence-electron chi connectivity index (χ0n) is 14.7. The Morgan fingerprint density at radius 1 is 1.12 bits per heavy atom. The molecule has 3 heterocycles. The molecule has 0 bridgehead atoms. The van der Waals surface area contributed by atoms with Crippen molar-refractivity contribution in [3.05, 3.63) is 76.0 Å². The number of nitrogens with zero attached hydrogens (tertiary/aromatic N) is 5. The molecule has 1 aliphatic heterocycles. The Labute approximate surface area is 151 Å². The average Bonchev–Trinajstić information content (AvgIpc) is 3.17. The Morgan fingerprint density at radius 2 is 1.92 bits per heavy atom. The lowest BCUT2D eigenvalue weighted by Gasteiger charge is -2.35. The highest BCUT2D eigenvalue weighted by Crippen LogP contribution is 2.44. The fourth-order valence-electron chi connectivity index (χ4n) is 4.21. The minimum Gasteiger partial charge on any atom is -0.270 e. The van der Waals surface area contributed by atoms with Gasteiger partial charge in [0.2, 0.25) is 0 Å². The Morgan fingerprint density at radius 3 is 2.65 bits per heavy atom. The Kier molecular flexibility index (Phi) is 3.51. The first-order chi connectivity index (χ1) is 12.7. The highest BCUT2D eigenvalue weighted by molar-refractivity contribution is 5.26. The number of hydrogen-bond donors (Lipinski definition) is 0. The van der Waals surface area contributed by atoms with E-state index < -0.39 is 0 Å². The van der Waals surface area contributed by atoms with Gasteiger partial charge in [-0.2, -0.15) is 5.10 Å². The van der Waals surface area contributed by atoms with Gasteiger partial charge in [0.1, 0.15) is 5.82 Å². The summed E-state index contributed by atoms with van der Waals surface area (Å²) in [4.78, 5) is 21.5. The second kappa shape index (κ2) is 5.90. The second-order valence-corrected chi connectivity index (χ2v) is 7.43. The summed E-state index contributed by atoms with van der Waals surface area (Å²) in [5, 5.41) is 4.65. The summed E-state index contributed by atoms with van der Waals surface area (Å²) >= 11 is 0. The molecule has 0 spiro atoms. The fourth-order valence-corrected chi connectivity index (χ4v) is 4.21. The van der Waals surface area contributed by atoms with Crippen LogP contribution in [0.3, 0.4) is 0 Å². The topological polar surface area (TPSA) is 65.6 Å². The molecule has 1 atom stereocenters. The number of aromatic nitrogens is 5. The SMILES string of the molecule is Cc1ccc(C2CC(n3nc4n(c3=O)C(c3cnccn3)CC4)C2)cc1. The van der Waals surface area contributed by atoms with Gasteiger partial charge in [-0.15, -0.1) is 0 Å². The van der Waals surface area contributed by atoms with Crippen LogP contribution >= 0.6 is 0 Å². The molecule has 1 aliphatic carbocycles. The van der Waals surface area contributed by atoms with Crippen LogP contribution in [-0.4, -0.2) is 24.3 Å². The molecule has 1 aromatic carbocycles. The van der Waals surface area contributed by atoms with Crippen LogP contribution in [0.1, 0.15) is 59.9 Å². The van der Waals surface area contributed by atoms with Gasteiger partial charge in [-0.3, -0.25) is 14.5 Å². The van der Waals surface area contributed by atoms with Crippen molar-refractivity contribution in [1.82, 2.24) is 24.3 Å². The van der Waals surface area contributed by atoms with Crippen LogP contribution < -0.4 is 5.69 Å². The lowest BCUT2D eigenvalue weighted by atomic mass is 9.76. The number of rotatable bonds is 3. The molecule has 0 saturated heterocycles. The summed E-state index contributed by atoms with van der Waals surface area (Å²) in [6, 6.07) is 8.89. The van der Waals surface area contributed by atoms with E-state index in [2.05, 4.69) is 46.3 Å². The summed E-state index contributed by atoms with van der Waals surface area (Å²) in [7, 11) is 0. The monoisotopic (exact) mass is 347 g/mol. The summed E-state index contributed by atoms with van der Waals surface area (Å²) in [6.45, 7) is 2.10. The summed E-state index contributed by atoms with van der Waals surface area (Å²) < 4.78 is 3.53. The van der Waals surface area contributed by atoms with Crippen molar-refractivity contribution in [2.24, 2.45) is 0 Å². The molecular formula is C20H21N5O. The van der Waals surface area contributed by atoms with Crippen molar-refractivity contribution in [1.29, 1.82) is 0 Å². The van der Waals surface area contributed by atoms with E-state index in [1.54, 1.807) is 23.3 Å². The molecule has 2 aromatic heterocycles. The smallest absolute Gasteiger partial charge is 0.270 e. The molecule has 0 amide bonds. The third kappa shape index (κ3) is 2.40. The van der Waals surface area contributed by atoms with Gasteiger partial charge in [0.05, 0.1) is 24.0 Å². The van der Waals surface area contributed by atoms with Crippen molar-refractivity contribution in [3.63, 3.8) is 0 Å². The molecule has 5 rings (SSSR count). The molecule has 1 saturated carbocycles. The van der Waals surface area contributed by atoms with Gasteiger partial charge in [-0.1, -0.05) is 29.8 Å². The second-order valence-electron chi connectivity index (χ2n) is 7.43. The van der Waals surface area contributed by atoms with Crippen molar-refractivity contribution >= 4 is 0 Å². The Balaban J connectivity index is 1.38. The molecule has 3 aromatic rings. The standard InChI is InChI=1S/C20H21N5O/c1-13-2-4-14(5-3-13)15-10-16(11-15)25-20(26)24-18(6-7-19(24)23-25)17-12-21-8-9-22-17/h2-5,8-9,12,15-16,18H,6-7,10-11H2,1H3. The molecule has 0 N–H and O–H groups in total. The van der Waals surface area contributed by atoms with Gasteiger partial charge < -0.3 is 0 Å². The van der Waals surface area contributed by atoms with Gasteiger partial charge in [0.15, 0.2) is 0 Å². The van der Waals surface area contributed by atoms with Crippen molar-refractivity contribution < 1.29 is 0 Å². The normalized spacial score (nSPS) is 24.3. The number of hydrogen-bond acceptors (Lipinski definition) is 4. The van der Waals surface area contributed by atoms with E-state index in [-0.39, 0.29) is 17.8 Å². The maximum atomic E-state index is 13.0. The molecule has 132 valence electrons. The number of aryl methyl sites for hydroxylation is 2. The van der Waals surface area contributed by atoms with E-state index in [0.29, 0.717) is 5.92 Å². The van der Waals surface area contributed by atoms with E-state index in [4.69, 9.17) is 0 Å². The van der Waals surface area contributed by atoms with Crippen LogP contribution in [0, 0.1) is 6.92 Å². The maximum absolute atomic E-state index is 13.0. The predicted octanol–water partition coefficient (Wildman–Crippen LogP) is 2.80. The molecule has 26 heavy (non-hydrogen) atoms. The van der Waals surface area contributed by atoms with E-state index in [9.17, 15) is 4.79 Å². The Bertz CT molecular complexity index is 983. The van der Waals surface area contributed by atoms with Gasteiger partial charge in [0.25, 0.3) is 0 Å². The number of fused-ring (bicyclic) bond motifs is 1. The minimum absolute atomic E-state index is 0.000471. The zero-order chi connectivity index (χ0) is 17.7. The molecule has 6 heteroatoms. The van der Waals surface area contributed by atoms with Crippen LogP contribution in [0.2, 0.25) is 0 Å². The van der Waals surface area contributed by atoms with Gasteiger partial charge in [0, 0.05) is 18.8 Å². The first-order valence-corrected chi connectivity index (χ1v) is 9.23. The number of benzene rings is 1. The molecular weight excluding hydrogens is 326 g/mol. The predicted molar refractivity (Wildman–Crippen MR) is 97.2 cm³/mol. The summed E-state index contributed by atoms with van der Waals surface area (Å²) in [5.74, 6) is 1.41. The summed E-state index contributed by atoms with van der Waals surface area (Å²) in [6.07, 6.45) is 8.74. The molecule has 1 unspecified atom stereocenters. The van der Waals surface area contributed by atoms with Crippen LogP contribution in [-0.2, 0) is 6.42 Å². The Hall–Kier alpha value is -2.76. The summed E-state index contributed by atoms with van der Waals surface area (Å²) in [5.41, 5.74) is 3.49. The van der Waals surface area contributed by atoms with Gasteiger partial charge in [-0.25, -0.2) is 9.48 Å². The highest BCUT2D eigenvalue weighted by atomic mass is 16.2. The lowest BCUT2D eigenvalue weighted by molar-refractivity contribution is 0.236. The van der Waals surface area contributed by atoms with Crippen molar-refractivity contribution in [2.45, 2.75) is 50.6 Å². The van der Waals surface area contributed by atoms with Crippen LogP contribution in [0.5, 0.6) is 0 Å². The van der Waals surface area contributed by atoms with Crippen LogP contribution in [0.4, 0.5) is 0 Å². The van der Waals surface area contributed by atoms with E-state index in [1.807, 2.05) is 4.57 Å². The average molecular weight is 347 g/mol. The first-order valence-electron chi connectivity index (χ1n) is 9.23. The quantitative estimate of drug-likeness (QED) is 0.731. The largest absolute Gasteiger partial charge is 0.346 e. The minimum atomic E-state index is -0.0343.